The smallest absolute Gasteiger partial charge is 0.299 e. The van der Waals surface area contributed by atoms with E-state index in [0.29, 0.717) is 6.42 Å². The Morgan fingerprint density at radius 1 is 1.47 bits per heavy atom. The standard InChI is InChI=1S/C9H11NO3S2/c1-2-9(15(11,12)13)10-7-5-3-4-6-8(7)14-9/h3-6,10H,2H2,1H3,(H,11,12,13). The van der Waals surface area contributed by atoms with E-state index in [4.69, 9.17) is 0 Å². The average Bonchev–Trinajstić information content (AvgIpc) is 2.56. The Morgan fingerprint density at radius 3 is 2.67 bits per heavy atom. The summed E-state index contributed by atoms with van der Waals surface area (Å²) < 4.78 is 30.6. The van der Waals surface area contributed by atoms with E-state index < -0.39 is 14.3 Å². The van der Waals surface area contributed by atoms with Gasteiger partial charge in [0.15, 0.2) is 0 Å². The average molecular weight is 245 g/mol. The summed E-state index contributed by atoms with van der Waals surface area (Å²) in [5.74, 6) is 0. The first-order chi connectivity index (χ1) is 6.98. The normalized spacial score (nSPS) is 24.7. The second-order valence-electron chi connectivity index (χ2n) is 3.30. The van der Waals surface area contributed by atoms with Gasteiger partial charge in [-0.3, -0.25) is 4.55 Å². The fraction of sp³-hybridized carbons (Fsp3) is 0.333. The second kappa shape index (κ2) is 3.40. The molecule has 1 unspecified atom stereocenters. The first-order valence-electron chi connectivity index (χ1n) is 4.52. The fourth-order valence-electron chi connectivity index (χ4n) is 1.53. The summed E-state index contributed by atoms with van der Waals surface area (Å²) in [5, 5.41) is 2.86. The SMILES string of the molecule is CCC1(S(=O)(=O)O)Nc2ccccc2S1. The Morgan fingerprint density at radius 2 is 2.13 bits per heavy atom. The molecule has 1 aromatic carbocycles. The van der Waals surface area contributed by atoms with E-state index in [0.717, 1.165) is 22.3 Å². The van der Waals surface area contributed by atoms with E-state index in [1.54, 1.807) is 13.0 Å². The summed E-state index contributed by atoms with van der Waals surface area (Å²) in [7, 11) is -4.13. The van der Waals surface area contributed by atoms with Crippen LogP contribution in [-0.2, 0) is 10.1 Å². The molecular weight excluding hydrogens is 234 g/mol. The molecule has 1 heterocycles. The third-order valence-electron chi connectivity index (χ3n) is 2.37. The lowest BCUT2D eigenvalue weighted by Crippen LogP contribution is -2.39. The fourth-order valence-corrected chi connectivity index (χ4v) is 3.86. The molecule has 1 atom stereocenters. The van der Waals surface area contributed by atoms with Crippen molar-refractivity contribution in [1.29, 1.82) is 0 Å². The number of nitrogens with one attached hydrogen (secondary N) is 1. The van der Waals surface area contributed by atoms with Gasteiger partial charge >= 0.3 is 0 Å². The van der Waals surface area contributed by atoms with Crippen molar-refractivity contribution in [2.45, 2.75) is 22.4 Å². The lowest BCUT2D eigenvalue weighted by molar-refractivity contribution is 0.464. The summed E-state index contributed by atoms with van der Waals surface area (Å²) in [6.07, 6.45) is 0.297. The molecule has 1 aliphatic rings. The van der Waals surface area contributed by atoms with Crippen LogP contribution in [0.15, 0.2) is 29.2 Å². The molecular formula is C9H11NO3S2. The highest BCUT2D eigenvalue weighted by Crippen LogP contribution is 2.49. The zero-order chi connectivity index (χ0) is 11.1. The van der Waals surface area contributed by atoms with Gasteiger partial charge < -0.3 is 5.32 Å². The molecule has 2 rings (SSSR count). The zero-order valence-corrected chi connectivity index (χ0v) is 9.73. The summed E-state index contributed by atoms with van der Waals surface area (Å²) in [6, 6.07) is 7.28. The molecule has 1 aliphatic heterocycles. The quantitative estimate of drug-likeness (QED) is 0.782. The number of rotatable bonds is 2. The first-order valence-corrected chi connectivity index (χ1v) is 6.77. The lowest BCUT2D eigenvalue weighted by Gasteiger charge is -2.23. The van der Waals surface area contributed by atoms with Crippen LogP contribution in [0.2, 0.25) is 0 Å². The minimum atomic E-state index is -4.13. The molecule has 0 aromatic heterocycles. The maximum atomic E-state index is 11.3. The van der Waals surface area contributed by atoms with Gasteiger partial charge in [0.25, 0.3) is 10.1 Å². The van der Waals surface area contributed by atoms with Gasteiger partial charge in [0.05, 0.1) is 0 Å². The number of anilines is 1. The molecule has 0 fully saturated rings. The van der Waals surface area contributed by atoms with Gasteiger partial charge in [0.1, 0.15) is 0 Å². The number of benzene rings is 1. The van der Waals surface area contributed by atoms with Crippen LogP contribution in [0.4, 0.5) is 5.69 Å². The van der Waals surface area contributed by atoms with Gasteiger partial charge in [-0.25, -0.2) is 0 Å². The topological polar surface area (TPSA) is 66.4 Å². The molecule has 0 spiro atoms. The molecule has 0 aliphatic carbocycles. The van der Waals surface area contributed by atoms with Crippen LogP contribution in [0.5, 0.6) is 0 Å². The zero-order valence-electron chi connectivity index (χ0n) is 8.10. The van der Waals surface area contributed by atoms with E-state index in [1.807, 2.05) is 18.2 Å². The number of hydrogen-bond acceptors (Lipinski definition) is 4. The highest BCUT2D eigenvalue weighted by Gasteiger charge is 2.47. The van der Waals surface area contributed by atoms with E-state index in [1.165, 1.54) is 0 Å². The highest BCUT2D eigenvalue weighted by atomic mass is 32.3. The van der Waals surface area contributed by atoms with Crippen LogP contribution in [0.1, 0.15) is 13.3 Å². The Hall–Kier alpha value is -0.720. The number of thioether (sulfide) groups is 1. The molecule has 6 heteroatoms. The van der Waals surface area contributed by atoms with Gasteiger partial charge in [0, 0.05) is 10.6 Å². The van der Waals surface area contributed by atoms with Crippen molar-refractivity contribution < 1.29 is 13.0 Å². The van der Waals surface area contributed by atoms with Gasteiger partial charge in [-0.2, -0.15) is 8.42 Å². The maximum Gasteiger partial charge on any atom is 0.299 e. The Kier molecular flexibility index (Phi) is 2.44. The molecule has 0 saturated heterocycles. The van der Waals surface area contributed by atoms with Crippen molar-refractivity contribution in [3.05, 3.63) is 24.3 Å². The van der Waals surface area contributed by atoms with E-state index >= 15 is 0 Å². The van der Waals surface area contributed by atoms with Gasteiger partial charge in [-0.1, -0.05) is 30.8 Å². The van der Waals surface area contributed by atoms with Crippen LogP contribution >= 0.6 is 11.8 Å². The predicted molar refractivity (Wildman–Crippen MR) is 60.5 cm³/mol. The third-order valence-corrected chi connectivity index (χ3v) is 5.77. The van der Waals surface area contributed by atoms with Crippen LogP contribution in [-0.4, -0.2) is 17.2 Å². The molecule has 0 bridgehead atoms. The van der Waals surface area contributed by atoms with Crippen LogP contribution in [0.25, 0.3) is 0 Å². The van der Waals surface area contributed by atoms with Crippen LogP contribution < -0.4 is 5.32 Å². The van der Waals surface area contributed by atoms with Crippen molar-refractivity contribution >= 4 is 27.6 Å². The van der Waals surface area contributed by atoms with E-state index in [9.17, 15) is 13.0 Å². The Balaban J connectivity index is 2.47. The lowest BCUT2D eigenvalue weighted by atomic mass is 10.3. The van der Waals surface area contributed by atoms with Crippen molar-refractivity contribution in [1.82, 2.24) is 0 Å². The first kappa shape index (κ1) is 10.8. The highest BCUT2D eigenvalue weighted by molar-refractivity contribution is 8.13. The van der Waals surface area contributed by atoms with Crippen LogP contribution in [0, 0.1) is 0 Å². The maximum absolute atomic E-state index is 11.3. The summed E-state index contributed by atoms with van der Waals surface area (Å²) >= 11 is 1.14. The monoisotopic (exact) mass is 245 g/mol. The van der Waals surface area contributed by atoms with Crippen molar-refractivity contribution in [3.63, 3.8) is 0 Å². The van der Waals surface area contributed by atoms with Crippen molar-refractivity contribution in [2.24, 2.45) is 0 Å². The van der Waals surface area contributed by atoms with Gasteiger partial charge in [0.2, 0.25) is 4.20 Å². The summed E-state index contributed by atoms with van der Waals surface area (Å²) in [5.41, 5.74) is 0.752. The van der Waals surface area contributed by atoms with E-state index in [2.05, 4.69) is 5.32 Å². The molecule has 15 heavy (non-hydrogen) atoms. The minimum Gasteiger partial charge on any atom is -0.355 e. The number of fused-ring (bicyclic) bond motifs is 1. The summed E-state index contributed by atoms with van der Waals surface area (Å²) in [6.45, 7) is 1.72. The predicted octanol–water partition coefficient (Wildman–Crippen LogP) is 2.16. The van der Waals surface area contributed by atoms with E-state index in [-0.39, 0.29) is 0 Å². The Bertz CT molecular complexity index is 459. The molecule has 0 radical (unpaired) electrons. The Labute approximate surface area is 92.8 Å². The molecule has 0 amide bonds. The largest absolute Gasteiger partial charge is 0.355 e. The van der Waals surface area contributed by atoms with Gasteiger partial charge in [-0.05, 0) is 18.6 Å². The number of hydrogen-bond donors (Lipinski definition) is 2. The molecule has 2 N–H and O–H groups in total. The summed E-state index contributed by atoms with van der Waals surface area (Å²) in [4.78, 5) is 0.844. The second-order valence-corrected chi connectivity index (χ2v) is 6.55. The van der Waals surface area contributed by atoms with Gasteiger partial charge in [-0.15, -0.1) is 0 Å². The molecule has 1 aromatic rings. The molecule has 82 valence electrons. The van der Waals surface area contributed by atoms with Crippen LogP contribution in [0.3, 0.4) is 0 Å². The van der Waals surface area contributed by atoms with Crippen molar-refractivity contribution in [2.75, 3.05) is 5.32 Å². The minimum absolute atomic E-state index is 0.297. The number of para-hydroxylation sites is 1. The molecule has 4 nitrogen and oxygen atoms in total. The van der Waals surface area contributed by atoms with Crippen molar-refractivity contribution in [3.8, 4) is 0 Å². The molecule has 0 saturated carbocycles. The third kappa shape index (κ3) is 1.62.